The van der Waals surface area contributed by atoms with Gasteiger partial charge in [-0.1, -0.05) is 18.2 Å². The van der Waals surface area contributed by atoms with Crippen LogP contribution in [0.5, 0.6) is 5.75 Å². The summed E-state index contributed by atoms with van der Waals surface area (Å²) in [5.74, 6) is 7.29. The quantitative estimate of drug-likeness (QED) is 0.559. The molecule has 0 aliphatic carbocycles. The molecule has 6 heteroatoms. The monoisotopic (exact) mass is 259 g/mol. The number of ether oxygens (including phenoxy) is 1. The fourth-order valence-electron chi connectivity index (χ4n) is 1.74. The molecule has 6 nitrogen and oxygen atoms in total. The number of nitrogen functional groups attached to an aromatic ring is 1. The number of nitrogens with two attached hydrogens (primary N) is 1. The highest BCUT2D eigenvalue weighted by Crippen LogP contribution is 2.18. The minimum Gasteiger partial charge on any atom is -0.496 e. The molecule has 0 saturated carbocycles. The number of hydrogen-bond acceptors (Lipinski definition) is 6. The maximum atomic E-state index is 5.35. The van der Waals surface area contributed by atoms with Gasteiger partial charge in [0.05, 0.1) is 7.11 Å². The Hall–Kier alpha value is -2.34. The second kappa shape index (κ2) is 6.01. The van der Waals surface area contributed by atoms with E-state index in [1.165, 1.54) is 0 Å². The normalized spacial score (nSPS) is 10.1. The molecule has 19 heavy (non-hydrogen) atoms. The molecule has 4 N–H and O–H groups in total. The number of nitrogens with one attached hydrogen (secondary N) is 2. The topological polar surface area (TPSA) is 85.1 Å². The molecule has 2 rings (SSSR count). The lowest BCUT2D eigenvalue weighted by Crippen LogP contribution is -2.12. The molecule has 0 aliphatic rings. The van der Waals surface area contributed by atoms with Gasteiger partial charge in [0.25, 0.3) is 0 Å². The third-order valence-corrected chi connectivity index (χ3v) is 2.63. The molecule has 0 amide bonds. The van der Waals surface area contributed by atoms with E-state index in [2.05, 4.69) is 20.7 Å². The number of para-hydroxylation sites is 1. The summed E-state index contributed by atoms with van der Waals surface area (Å²) < 4.78 is 5.29. The summed E-state index contributed by atoms with van der Waals surface area (Å²) >= 11 is 0. The molecule has 100 valence electrons. The number of benzene rings is 1. The van der Waals surface area contributed by atoms with E-state index in [1.807, 2.05) is 31.2 Å². The predicted octanol–water partition coefficient (Wildman–Crippen LogP) is 1.69. The fourth-order valence-corrected chi connectivity index (χ4v) is 1.74. The maximum absolute atomic E-state index is 5.35. The van der Waals surface area contributed by atoms with Gasteiger partial charge in [0.2, 0.25) is 5.95 Å². The maximum Gasteiger partial charge on any atom is 0.225 e. The van der Waals surface area contributed by atoms with Gasteiger partial charge < -0.3 is 15.5 Å². The summed E-state index contributed by atoms with van der Waals surface area (Å²) in [7, 11) is 1.65. The van der Waals surface area contributed by atoms with Crippen LogP contribution in [0, 0.1) is 6.92 Å². The van der Waals surface area contributed by atoms with Gasteiger partial charge in [-0.3, -0.25) is 0 Å². The summed E-state index contributed by atoms with van der Waals surface area (Å²) in [6.07, 6.45) is 0. The third-order valence-electron chi connectivity index (χ3n) is 2.63. The Balaban J connectivity index is 2.12. The Morgan fingerprint density at radius 1 is 1.26 bits per heavy atom. The predicted molar refractivity (Wildman–Crippen MR) is 74.9 cm³/mol. The molecule has 2 aromatic rings. The summed E-state index contributed by atoms with van der Waals surface area (Å²) in [4.78, 5) is 8.52. The lowest BCUT2D eigenvalue weighted by atomic mass is 10.2. The van der Waals surface area contributed by atoms with Gasteiger partial charge in [-0.15, -0.1) is 0 Å². The molecule has 1 aromatic carbocycles. The van der Waals surface area contributed by atoms with E-state index in [0.29, 0.717) is 18.3 Å². The number of aryl methyl sites for hydroxylation is 1. The Morgan fingerprint density at radius 3 is 2.79 bits per heavy atom. The first-order valence-corrected chi connectivity index (χ1v) is 5.91. The molecule has 0 atom stereocenters. The zero-order valence-corrected chi connectivity index (χ0v) is 11.0. The van der Waals surface area contributed by atoms with E-state index in [0.717, 1.165) is 17.0 Å². The second-order valence-electron chi connectivity index (χ2n) is 4.03. The summed E-state index contributed by atoms with van der Waals surface area (Å²) in [5.41, 5.74) is 4.39. The minimum absolute atomic E-state index is 0.527. The van der Waals surface area contributed by atoms with Crippen molar-refractivity contribution in [1.29, 1.82) is 0 Å². The van der Waals surface area contributed by atoms with E-state index in [4.69, 9.17) is 10.6 Å². The van der Waals surface area contributed by atoms with Crippen molar-refractivity contribution >= 4 is 11.8 Å². The Morgan fingerprint density at radius 2 is 2.05 bits per heavy atom. The molecule has 0 radical (unpaired) electrons. The number of aromatic nitrogens is 2. The van der Waals surface area contributed by atoms with Crippen LogP contribution in [-0.2, 0) is 6.54 Å². The van der Waals surface area contributed by atoms with Crippen molar-refractivity contribution in [3.63, 3.8) is 0 Å². The van der Waals surface area contributed by atoms with E-state index in [1.54, 1.807) is 13.2 Å². The first kappa shape index (κ1) is 13.1. The van der Waals surface area contributed by atoms with Gasteiger partial charge in [-0.25, -0.2) is 10.8 Å². The van der Waals surface area contributed by atoms with Crippen molar-refractivity contribution in [2.75, 3.05) is 17.9 Å². The zero-order chi connectivity index (χ0) is 13.7. The molecule has 0 aliphatic heterocycles. The first-order valence-electron chi connectivity index (χ1n) is 5.91. The average Bonchev–Trinajstić information content (AvgIpc) is 2.44. The zero-order valence-electron chi connectivity index (χ0n) is 11.0. The van der Waals surface area contributed by atoms with E-state index in [-0.39, 0.29) is 0 Å². The highest BCUT2D eigenvalue weighted by molar-refractivity contribution is 5.42. The Bertz CT molecular complexity index is 558. The number of methoxy groups -OCH3 is 1. The molecule has 0 saturated heterocycles. The van der Waals surface area contributed by atoms with E-state index < -0.39 is 0 Å². The summed E-state index contributed by atoms with van der Waals surface area (Å²) in [6.45, 7) is 2.47. The van der Waals surface area contributed by atoms with Crippen molar-refractivity contribution in [1.82, 2.24) is 9.97 Å². The molecular weight excluding hydrogens is 242 g/mol. The van der Waals surface area contributed by atoms with Crippen molar-refractivity contribution in [2.45, 2.75) is 13.5 Å². The van der Waals surface area contributed by atoms with Crippen LogP contribution in [0.15, 0.2) is 30.3 Å². The van der Waals surface area contributed by atoms with E-state index >= 15 is 0 Å². The lowest BCUT2D eigenvalue weighted by Gasteiger charge is -2.10. The van der Waals surface area contributed by atoms with E-state index in [9.17, 15) is 0 Å². The first-order chi connectivity index (χ1) is 9.22. The summed E-state index contributed by atoms with van der Waals surface area (Å²) in [5, 5.41) is 3.15. The van der Waals surface area contributed by atoms with Crippen LogP contribution >= 0.6 is 0 Å². The number of rotatable bonds is 5. The third kappa shape index (κ3) is 3.32. The SMILES string of the molecule is COc1ccccc1CNc1nc(C)cc(NN)n1. The average molecular weight is 259 g/mol. The lowest BCUT2D eigenvalue weighted by molar-refractivity contribution is 0.410. The van der Waals surface area contributed by atoms with Crippen molar-refractivity contribution in [3.05, 3.63) is 41.6 Å². The summed E-state index contributed by atoms with van der Waals surface area (Å²) in [6, 6.07) is 9.57. The smallest absolute Gasteiger partial charge is 0.225 e. The fraction of sp³-hybridized carbons (Fsp3) is 0.231. The van der Waals surface area contributed by atoms with Crippen LogP contribution in [0.1, 0.15) is 11.3 Å². The Kier molecular flexibility index (Phi) is 4.15. The van der Waals surface area contributed by atoms with Crippen LogP contribution in [0.2, 0.25) is 0 Å². The largest absolute Gasteiger partial charge is 0.496 e. The highest BCUT2D eigenvalue weighted by atomic mass is 16.5. The molecule has 1 heterocycles. The Labute approximate surface area is 112 Å². The van der Waals surface area contributed by atoms with Crippen molar-refractivity contribution < 1.29 is 4.74 Å². The molecule has 1 aromatic heterocycles. The van der Waals surface area contributed by atoms with Crippen molar-refractivity contribution in [2.24, 2.45) is 5.84 Å². The van der Waals surface area contributed by atoms with Crippen molar-refractivity contribution in [3.8, 4) is 5.75 Å². The molecule has 0 spiro atoms. The molecule has 0 unspecified atom stereocenters. The van der Waals surface area contributed by atoms with Gasteiger partial charge in [0.1, 0.15) is 11.6 Å². The van der Waals surface area contributed by atoms with Crippen LogP contribution in [0.25, 0.3) is 0 Å². The number of hydrogen-bond donors (Lipinski definition) is 3. The minimum atomic E-state index is 0.527. The van der Waals surface area contributed by atoms with Crippen LogP contribution < -0.4 is 21.3 Å². The van der Waals surface area contributed by atoms with Gasteiger partial charge in [0.15, 0.2) is 0 Å². The van der Waals surface area contributed by atoms with Gasteiger partial charge in [-0.05, 0) is 13.0 Å². The van der Waals surface area contributed by atoms with Gasteiger partial charge >= 0.3 is 0 Å². The van der Waals surface area contributed by atoms with Crippen LogP contribution in [-0.4, -0.2) is 17.1 Å². The van der Waals surface area contributed by atoms with Crippen LogP contribution in [0.3, 0.4) is 0 Å². The standard InChI is InChI=1S/C13H17N5O/c1-9-7-12(18-14)17-13(16-9)15-8-10-5-3-4-6-11(10)19-2/h3-7H,8,14H2,1-2H3,(H2,15,16,17,18). The highest BCUT2D eigenvalue weighted by Gasteiger charge is 2.04. The molecular formula is C13H17N5O. The number of hydrazine groups is 1. The second-order valence-corrected chi connectivity index (χ2v) is 4.03. The number of nitrogens with zero attached hydrogens (tertiary/aromatic N) is 2. The molecule has 0 bridgehead atoms. The molecule has 0 fully saturated rings. The van der Waals surface area contributed by atoms with Crippen LogP contribution in [0.4, 0.5) is 11.8 Å². The number of anilines is 2. The van der Waals surface area contributed by atoms with Gasteiger partial charge in [0, 0.05) is 23.9 Å². The van der Waals surface area contributed by atoms with Gasteiger partial charge in [-0.2, -0.15) is 4.98 Å².